The minimum absolute atomic E-state index is 0.106. The molecule has 1 saturated heterocycles. The molecule has 2 aromatic carbocycles. The standard InChI is InChI=1S/C30H37N7O2.CH4/c1-39-25-12-13-27-23(20-25)21-26(30(38)31-27)28(36-18-16-35(17-19-36)24-10-6-3-7-11-24)29-32-33-34-37(29)15-14-22-8-4-2-5-9-22;/h2,4-5,8-9,12-13,20-21,24,28H,3,6-7,10-11,14-19H2,1H3,(H,31,38);1H4/i;1D. The van der Waals surface area contributed by atoms with Crippen LogP contribution in [0.4, 0.5) is 0 Å². The number of aromatic nitrogens is 5. The van der Waals surface area contributed by atoms with Crippen LogP contribution in [-0.2, 0) is 13.0 Å². The van der Waals surface area contributed by atoms with Gasteiger partial charge in [-0.3, -0.25) is 14.6 Å². The smallest absolute Gasteiger partial charge is 0.253 e. The summed E-state index contributed by atoms with van der Waals surface area (Å²) in [7, 11) is 2.91. The summed E-state index contributed by atoms with van der Waals surface area (Å²) in [5, 5.41) is 13.9. The molecule has 9 nitrogen and oxygen atoms in total. The number of methoxy groups -OCH3 is 1. The van der Waals surface area contributed by atoms with Gasteiger partial charge in [0.1, 0.15) is 11.8 Å². The van der Waals surface area contributed by atoms with Gasteiger partial charge in [-0.1, -0.05) is 57.0 Å². The summed E-state index contributed by atoms with van der Waals surface area (Å²) in [4.78, 5) is 21.7. The van der Waals surface area contributed by atoms with E-state index >= 15 is 0 Å². The van der Waals surface area contributed by atoms with E-state index < -0.39 is 0 Å². The van der Waals surface area contributed by atoms with Gasteiger partial charge in [0.15, 0.2) is 5.82 Å². The number of fused-ring (bicyclic) bond motifs is 1. The Kier molecular flexibility index (Phi) is 8.49. The fourth-order valence-electron chi connectivity index (χ4n) is 6.28. The third-order valence-corrected chi connectivity index (χ3v) is 8.44. The molecule has 9 heteroatoms. The highest BCUT2D eigenvalue weighted by Gasteiger charge is 2.34. The van der Waals surface area contributed by atoms with Crippen LogP contribution in [-0.4, -0.2) is 74.3 Å². The highest BCUT2D eigenvalue weighted by molar-refractivity contribution is 5.80. The van der Waals surface area contributed by atoms with Gasteiger partial charge in [-0.15, -0.1) is 5.10 Å². The van der Waals surface area contributed by atoms with E-state index in [2.05, 4.69) is 42.4 Å². The van der Waals surface area contributed by atoms with Crippen molar-refractivity contribution in [2.24, 2.45) is 0 Å². The van der Waals surface area contributed by atoms with Crippen molar-refractivity contribution in [3.8, 4) is 5.75 Å². The van der Waals surface area contributed by atoms with Crippen molar-refractivity contribution in [2.75, 3.05) is 33.3 Å². The Bertz CT molecular complexity index is 1440. The molecule has 1 aliphatic heterocycles. The van der Waals surface area contributed by atoms with E-state index in [1.165, 1.54) is 45.1 Å². The SMILES string of the molecule is COc1ccc2[nH]c(=O)c(C(c3nnnn3CCc3ccccc3)N3CCN(C4CCCCC4)CC3)cc2c1.[2H]C. The number of aryl methyl sites for hydroxylation is 2. The van der Waals surface area contributed by atoms with Crippen LogP contribution in [0.25, 0.3) is 10.9 Å². The molecule has 40 heavy (non-hydrogen) atoms. The van der Waals surface area contributed by atoms with Crippen molar-refractivity contribution >= 4 is 10.9 Å². The number of benzene rings is 2. The second-order valence-electron chi connectivity index (χ2n) is 10.8. The lowest BCUT2D eigenvalue weighted by Gasteiger charge is -2.43. The molecular formula is C31H41N7O2. The van der Waals surface area contributed by atoms with Crippen LogP contribution < -0.4 is 10.3 Å². The molecule has 1 N–H and O–H groups in total. The third-order valence-electron chi connectivity index (χ3n) is 8.44. The number of hydrogen-bond donors (Lipinski definition) is 1. The number of H-pyrrole nitrogens is 1. The molecule has 1 saturated carbocycles. The van der Waals surface area contributed by atoms with Gasteiger partial charge >= 0.3 is 0 Å². The maximum atomic E-state index is 13.6. The van der Waals surface area contributed by atoms with Crippen LogP contribution >= 0.6 is 0 Å². The van der Waals surface area contributed by atoms with E-state index in [4.69, 9.17) is 6.11 Å². The topological polar surface area (TPSA) is 92.2 Å². The van der Waals surface area contributed by atoms with Crippen molar-refractivity contribution in [2.45, 2.75) is 64.6 Å². The summed E-state index contributed by atoms with van der Waals surface area (Å²) in [6.07, 6.45) is 7.44. The molecule has 3 heterocycles. The number of pyridine rings is 1. The third kappa shape index (κ3) is 5.95. The lowest BCUT2D eigenvalue weighted by Crippen LogP contribution is -2.52. The maximum Gasteiger partial charge on any atom is 0.253 e. The number of nitrogens with one attached hydrogen (secondary N) is 1. The van der Waals surface area contributed by atoms with E-state index in [0.717, 1.165) is 49.3 Å². The summed E-state index contributed by atoms with van der Waals surface area (Å²) >= 11 is 0. The lowest BCUT2D eigenvalue weighted by molar-refractivity contribution is 0.0617. The highest BCUT2D eigenvalue weighted by atomic mass is 16.5. The van der Waals surface area contributed by atoms with Gasteiger partial charge in [0.2, 0.25) is 0 Å². The molecule has 212 valence electrons. The number of tetrazole rings is 1. The normalized spacial score (nSPS) is 18.1. The molecule has 2 aromatic heterocycles. The van der Waals surface area contributed by atoms with Gasteiger partial charge in [-0.25, -0.2) is 4.68 Å². The Balaban J connectivity index is 0.00000165. The monoisotopic (exact) mass is 544 g/mol. The summed E-state index contributed by atoms with van der Waals surface area (Å²) in [5.41, 5.74) is 2.57. The van der Waals surface area contributed by atoms with Gasteiger partial charge in [-0.2, -0.15) is 0 Å². The van der Waals surface area contributed by atoms with Crippen molar-refractivity contribution < 1.29 is 6.11 Å². The zero-order valence-corrected chi connectivity index (χ0v) is 23.6. The Morgan fingerprint density at radius 2 is 1.82 bits per heavy atom. The first kappa shape index (κ1) is 26.7. The van der Waals surface area contributed by atoms with Gasteiger partial charge < -0.3 is 9.72 Å². The summed E-state index contributed by atoms with van der Waals surface area (Å²) in [6, 6.07) is 18.4. The van der Waals surface area contributed by atoms with Crippen LogP contribution in [0.1, 0.15) is 63.9 Å². The first-order chi connectivity index (χ1) is 20.2. The fraction of sp³-hybridized carbons (Fsp3) is 0.484. The van der Waals surface area contributed by atoms with E-state index in [1.54, 1.807) is 7.11 Å². The molecule has 2 aliphatic rings. The Labute approximate surface area is 237 Å². The van der Waals surface area contributed by atoms with Gasteiger partial charge in [-0.05, 0) is 59.5 Å². The van der Waals surface area contributed by atoms with Crippen LogP contribution in [0.5, 0.6) is 5.75 Å². The Morgan fingerprint density at radius 1 is 1.05 bits per heavy atom. The van der Waals surface area contributed by atoms with E-state index in [-0.39, 0.29) is 11.6 Å². The summed E-state index contributed by atoms with van der Waals surface area (Å²) < 4.78 is 13.1. The van der Waals surface area contributed by atoms with Gasteiger partial charge in [0.25, 0.3) is 5.56 Å². The van der Waals surface area contributed by atoms with Crippen LogP contribution in [0.3, 0.4) is 0 Å². The Hall–Kier alpha value is -3.56. The average molecular weight is 545 g/mol. The second-order valence-corrected chi connectivity index (χ2v) is 10.8. The number of aromatic amines is 1. The molecule has 0 radical (unpaired) electrons. The molecule has 1 atom stereocenters. The number of ether oxygens (including phenoxy) is 1. The molecule has 1 unspecified atom stereocenters. The summed E-state index contributed by atoms with van der Waals surface area (Å²) in [6.45, 7) is 4.35. The molecule has 2 fully saturated rings. The van der Waals surface area contributed by atoms with Crippen LogP contribution in [0.15, 0.2) is 59.4 Å². The minimum atomic E-state index is -0.344. The average Bonchev–Trinajstić information content (AvgIpc) is 3.50. The highest BCUT2D eigenvalue weighted by Crippen LogP contribution is 2.30. The quantitative estimate of drug-likeness (QED) is 0.351. The maximum absolute atomic E-state index is 13.6. The molecule has 0 spiro atoms. The molecule has 0 amide bonds. The molecule has 0 bridgehead atoms. The van der Waals surface area contributed by atoms with Crippen molar-refractivity contribution in [3.63, 3.8) is 0 Å². The first-order valence-electron chi connectivity index (χ1n) is 15.2. The van der Waals surface area contributed by atoms with Crippen molar-refractivity contribution in [3.05, 3.63) is 81.9 Å². The van der Waals surface area contributed by atoms with E-state index in [1.807, 2.05) is 47.1 Å². The number of rotatable bonds is 8. The fourth-order valence-corrected chi connectivity index (χ4v) is 6.28. The predicted molar refractivity (Wildman–Crippen MR) is 158 cm³/mol. The molecule has 6 rings (SSSR count). The first-order valence-corrected chi connectivity index (χ1v) is 14.2. The predicted octanol–water partition coefficient (Wildman–Crippen LogP) is 4.44. The van der Waals surface area contributed by atoms with Gasteiger partial charge in [0.05, 0.1) is 7.11 Å². The number of nitrogens with zero attached hydrogens (tertiary/aromatic N) is 6. The Morgan fingerprint density at radius 3 is 2.58 bits per heavy atom. The second kappa shape index (κ2) is 12.7. The van der Waals surface area contributed by atoms with E-state index in [0.29, 0.717) is 24.0 Å². The van der Waals surface area contributed by atoms with Gasteiger partial charge in [0, 0.05) is 56.6 Å². The van der Waals surface area contributed by atoms with E-state index in [9.17, 15) is 4.79 Å². The van der Waals surface area contributed by atoms with Crippen molar-refractivity contribution in [1.82, 2.24) is 35.0 Å². The molecule has 1 aliphatic carbocycles. The largest absolute Gasteiger partial charge is 0.497 e. The summed E-state index contributed by atoms with van der Waals surface area (Å²) in [5.74, 6) is 1.47. The van der Waals surface area contributed by atoms with Crippen LogP contribution in [0, 0.1) is 0 Å². The molecule has 4 aromatic rings. The lowest BCUT2D eigenvalue weighted by atomic mass is 9.93. The molecular weight excluding hydrogens is 502 g/mol. The van der Waals surface area contributed by atoms with Crippen LogP contribution in [0.2, 0.25) is 0 Å². The zero-order valence-electron chi connectivity index (χ0n) is 24.6. The zero-order chi connectivity index (χ0) is 28.6. The minimum Gasteiger partial charge on any atom is -0.497 e. The van der Waals surface area contributed by atoms with Crippen molar-refractivity contribution in [1.29, 1.82) is 0 Å². The number of hydrogen-bond acceptors (Lipinski definition) is 7. The number of piperazine rings is 1.